The standard InChI is InChI=1S/C14H23N3O/c1-10-12(15)7-6-11(14(10,2)3)13(18)16-17-8-4-5-9-17/h4-5,8-12H,6-7,15H2,1-3H3,(H,16,18). The Morgan fingerprint density at radius 2 is 1.94 bits per heavy atom. The van der Waals surface area contributed by atoms with E-state index in [0.29, 0.717) is 5.92 Å². The average Bonchev–Trinajstić information content (AvgIpc) is 2.78. The fraction of sp³-hybridized carbons (Fsp3) is 0.643. The lowest BCUT2D eigenvalue weighted by molar-refractivity contribution is -0.128. The van der Waals surface area contributed by atoms with Gasteiger partial charge in [0.15, 0.2) is 0 Å². The van der Waals surface area contributed by atoms with Gasteiger partial charge in [0.2, 0.25) is 5.91 Å². The molecule has 2 rings (SSSR count). The van der Waals surface area contributed by atoms with Gasteiger partial charge in [0.25, 0.3) is 0 Å². The highest BCUT2D eigenvalue weighted by molar-refractivity contribution is 5.86. The minimum Gasteiger partial charge on any atom is -0.327 e. The summed E-state index contributed by atoms with van der Waals surface area (Å²) in [5.74, 6) is 0.469. The van der Waals surface area contributed by atoms with Gasteiger partial charge in [-0.05, 0) is 36.3 Å². The van der Waals surface area contributed by atoms with E-state index in [9.17, 15) is 4.79 Å². The molecule has 0 saturated heterocycles. The molecular weight excluding hydrogens is 226 g/mol. The van der Waals surface area contributed by atoms with E-state index < -0.39 is 0 Å². The summed E-state index contributed by atoms with van der Waals surface area (Å²) in [5, 5.41) is 0. The van der Waals surface area contributed by atoms with Crippen molar-refractivity contribution in [3.8, 4) is 0 Å². The molecule has 1 aliphatic carbocycles. The van der Waals surface area contributed by atoms with Crippen molar-refractivity contribution in [3.05, 3.63) is 24.5 Å². The molecular formula is C14H23N3O. The summed E-state index contributed by atoms with van der Waals surface area (Å²) in [6.45, 7) is 6.45. The van der Waals surface area contributed by atoms with Gasteiger partial charge in [-0.25, -0.2) is 0 Å². The molecule has 4 nitrogen and oxygen atoms in total. The zero-order chi connectivity index (χ0) is 13.3. The van der Waals surface area contributed by atoms with Crippen LogP contribution in [-0.4, -0.2) is 16.6 Å². The third-order valence-corrected chi connectivity index (χ3v) is 4.66. The van der Waals surface area contributed by atoms with Crippen LogP contribution >= 0.6 is 0 Å². The van der Waals surface area contributed by atoms with E-state index in [1.54, 1.807) is 4.68 Å². The smallest absolute Gasteiger partial charge is 0.242 e. The monoisotopic (exact) mass is 249 g/mol. The molecule has 1 amide bonds. The topological polar surface area (TPSA) is 60.1 Å². The molecule has 0 bridgehead atoms. The van der Waals surface area contributed by atoms with Crippen LogP contribution in [0.15, 0.2) is 24.5 Å². The third-order valence-electron chi connectivity index (χ3n) is 4.66. The van der Waals surface area contributed by atoms with E-state index >= 15 is 0 Å². The minimum atomic E-state index is -0.0606. The summed E-state index contributed by atoms with van der Waals surface area (Å²) >= 11 is 0. The summed E-state index contributed by atoms with van der Waals surface area (Å²) < 4.78 is 1.71. The number of aromatic nitrogens is 1. The SMILES string of the molecule is CC1C(N)CCC(C(=O)Nn2cccc2)C1(C)C. The molecule has 18 heavy (non-hydrogen) atoms. The Labute approximate surface area is 109 Å². The highest BCUT2D eigenvalue weighted by Gasteiger charge is 2.45. The number of hydrogen-bond donors (Lipinski definition) is 2. The normalized spacial score (nSPS) is 31.0. The van der Waals surface area contributed by atoms with Crippen LogP contribution in [0.2, 0.25) is 0 Å². The van der Waals surface area contributed by atoms with Crippen molar-refractivity contribution >= 4 is 5.91 Å². The minimum absolute atomic E-state index is 0.0229. The summed E-state index contributed by atoms with van der Waals surface area (Å²) in [6, 6.07) is 3.99. The first-order valence-corrected chi connectivity index (χ1v) is 6.62. The van der Waals surface area contributed by atoms with E-state index in [-0.39, 0.29) is 23.3 Å². The molecule has 3 atom stereocenters. The van der Waals surface area contributed by atoms with Crippen molar-refractivity contribution in [1.82, 2.24) is 4.68 Å². The summed E-state index contributed by atoms with van der Waals surface area (Å²) in [5.41, 5.74) is 8.97. The lowest BCUT2D eigenvalue weighted by Crippen LogP contribution is -2.51. The quantitative estimate of drug-likeness (QED) is 0.841. The number of amides is 1. The first kappa shape index (κ1) is 13.1. The molecule has 3 N–H and O–H groups in total. The molecule has 1 aliphatic rings. The Balaban J connectivity index is 2.10. The lowest BCUT2D eigenvalue weighted by atomic mass is 9.61. The lowest BCUT2D eigenvalue weighted by Gasteiger charge is -2.45. The van der Waals surface area contributed by atoms with Gasteiger partial charge in [-0.15, -0.1) is 0 Å². The molecule has 0 aromatic carbocycles. The van der Waals surface area contributed by atoms with Crippen molar-refractivity contribution in [2.45, 2.75) is 39.7 Å². The van der Waals surface area contributed by atoms with E-state index in [2.05, 4.69) is 26.2 Å². The highest BCUT2D eigenvalue weighted by atomic mass is 16.2. The van der Waals surface area contributed by atoms with Crippen LogP contribution in [-0.2, 0) is 4.79 Å². The van der Waals surface area contributed by atoms with Crippen molar-refractivity contribution in [1.29, 1.82) is 0 Å². The van der Waals surface area contributed by atoms with Gasteiger partial charge in [0.1, 0.15) is 0 Å². The van der Waals surface area contributed by atoms with Crippen molar-refractivity contribution in [3.63, 3.8) is 0 Å². The Morgan fingerprint density at radius 3 is 2.56 bits per heavy atom. The molecule has 0 aliphatic heterocycles. The van der Waals surface area contributed by atoms with Gasteiger partial charge in [-0.1, -0.05) is 20.8 Å². The third kappa shape index (κ3) is 2.29. The van der Waals surface area contributed by atoms with Gasteiger partial charge < -0.3 is 5.73 Å². The summed E-state index contributed by atoms with van der Waals surface area (Å²) in [7, 11) is 0. The molecule has 1 heterocycles. The number of carbonyl (C=O) groups excluding carboxylic acids is 1. The Morgan fingerprint density at radius 1 is 1.33 bits per heavy atom. The van der Waals surface area contributed by atoms with Gasteiger partial charge >= 0.3 is 0 Å². The van der Waals surface area contributed by atoms with E-state index in [0.717, 1.165) is 12.8 Å². The predicted molar refractivity (Wildman–Crippen MR) is 72.4 cm³/mol. The molecule has 100 valence electrons. The second-order valence-corrected chi connectivity index (χ2v) is 5.97. The van der Waals surface area contributed by atoms with Gasteiger partial charge in [0, 0.05) is 24.4 Å². The van der Waals surface area contributed by atoms with Crippen LogP contribution < -0.4 is 11.2 Å². The van der Waals surface area contributed by atoms with Crippen molar-refractivity contribution in [2.75, 3.05) is 5.43 Å². The van der Waals surface area contributed by atoms with Crippen molar-refractivity contribution < 1.29 is 4.79 Å². The van der Waals surface area contributed by atoms with Crippen LogP contribution in [0.1, 0.15) is 33.6 Å². The largest absolute Gasteiger partial charge is 0.327 e. The van der Waals surface area contributed by atoms with Gasteiger partial charge in [0.05, 0.1) is 0 Å². The molecule has 1 aromatic rings. The summed E-state index contributed by atoms with van der Waals surface area (Å²) in [4.78, 5) is 12.4. The van der Waals surface area contributed by atoms with E-state index in [1.165, 1.54) is 0 Å². The fourth-order valence-corrected chi connectivity index (χ4v) is 2.93. The first-order chi connectivity index (χ1) is 8.43. The second kappa shape index (κ2) is 4.76. The number of nitrogens with one attached hydrogen (secondary N) is 1. The maximum atomic E-state index is 12.4. The molecule has 1 aromatic heterocycles. The summed E-state index contributed by atoms with van der Waals surface area (Å²) in [6.07, 6.45) is 5.46. The first-order valence-electron chi connectivity index (χ1n) is 6.62. The van der Waals surface area contributed by atoms with Gasteiger partial charge in [-0.2, -0.15) is 0 Å². The molecule has 1 fully saturated rings. The van der Waals surface area contributed by atoms with Crippen LogP contribution in [0.3, 0.4) is 0 Å². The van der Waals surface area contributed by atoms with Crippen LogP contribution in [0.5, 0.6) is 0 Å². The number of nitrogens with two attached hydrogens (primary N) is 1. The number of hydrogen-bond acceptors (Lipinski definition) is 2. The highest BCUT2D eigenvalue weighted by Crippen LogP contribution is 2.44. The molecule has 0 radical (unpaired) electrons. The van der Waals surface area contributed by atoms with Crippen LogP contribution in [0.25, 0.3) is 0 Å². The number of rotatable bonds is 2. The van der Waals surface area contributed by atoms with E-state index in [4.69, 9.17) is 5.73 Å². The fourth-order valence-electron chi connectivity index (χ4n) is 2.93. The number of nitrogens with zero attached hydrogens (tertiary/aromatic N) is 1. The van der Waals surface area contributed by atoms with Crippen LogP contribution in [0.4, 0.5) is 0 Å². The zero-order valence-corrected chi connectivity index (χ0v) is 11.4. The van der Waals surface area contributed by atoms with Crippen LogP contribution in [0, 0.1) is 17.3 Å². The second-order valence-electron chi connectivity index (χ2n) is 5.97. The molecule has 3 unspecified atom stereocenters. The number of carbonyl (C=O) groups is 1. The molecule has 4 heteroatoms. The Hall–Kier alpha value is -1.29. The maximum absolute atomic E-state index is 12.4. The predicted octanol–water partition coefficient (Wildman–Crippen LogP) is 1.96. The van der Waals surface area contributed by atoms with E-state index in [1.807, 2.05) is 24.5 Å². The average molecular weight is 249 g/mol. The molecule has 1 saturated carbocycles. The van der Waals surface area contributed by atoms with Crippen molar-refractivity contribution in [2.24, 2.45) is 23.0 Å². The van der Waals surface area contributed by atoms with Gasteiger partial charge in [-0.3, -0.25) is 14.9 Å². The Bertz CT molecular complexity index is 411. The Kier molecular flexibility index (Phi) is 3.48. The molecule has 0 spiro atoms. The maximum Gasteiger partial charge on any atom is 0.242 e. The zero-order valence-electron chi connectivity index (χ0n) is 11.4.